The topological polar surface area (TPSA) is 90.4 Å². The minimum absolute atomic E-state index is 0.0201. The van der Waals surface area contributed by atoms with E-state index in [-0.39, 0.29) is 11.6 Å². The SMILES string of the molecule is Cc1cc(C)c(C2=C3C=CC(=N3)[C@]3(C(=O)c4cccc5cccc3c45)c3ccc([nH]3)/C(c3c(C)cc(C)cc3C)=C3\C=CC(=N3)[C@@]3(C(=O)c4cccc5cccc3c45)c3ccc2[nH]3)c(C)c1. The average Bonchev–Trinajstić information content (AvgIpc) is 4.17. The summed E-state index contributed by atoms with van der Waals surface area (Å²) >= 11 is 0. The molecule has 316 valence electrons. The van der Waals surface area contributed by atoms with Gasteiger partial charge in [-0.25, -0.2) is 0 Å². The molecular formula is C60H44N4O2. The summed E-state index contributed by atoms with van der Waals surface area (Å²) in [5.74, 6) is -0.0402. The van der Waals surface area contributed by atoms with Gasteiger partial charge in [-0.1, -0.05) is 108 Å². The summed E-state index contributed by atoms with van der Waals surface area (Å²) < 4.78 is 0. The van der Waals surface area contributed by atoms with Gasteiger partial charge in [-0.15, -0.1) is 0 Å². The Kier molecular flexibility index (Phi) is 7.76. The van der Waals surface area contributed by atoms with Crippen LogP contribution in [-0.4, -0.2) is 33.0 Å². The molecule has 8 bridgehead atoms. The van der Waals surface area contributed by atoms with Crippen molar-refractivity contribution in [1.82, 2.24) is 9.97 Å². The van der Waals surface area contributed by atoms with E-state index in [1.165, 1.54) is 11.1 Å². The summed E-state index contributed by atoms with van der Waals surface area (Å²) in [5, 5.41) is 3.92. The Labute approximate surface area is 382 Å². The Morgan fingerprint density at radius 2 is 0.818 bits per heavy atom. The summed E-state index contributed by atoms with van der Waals surface area (Å²) in [7, 11) is 0. The van der Waals surface area contributed by atoms with Crippen LogP contribution in [0.2, 0.25) is 0 Å². The third-order valence-electron chi connectivity index (χ3n) is 14.9. The summed E-state index contributed by atoms with van der Waals surface area (Å²) in [5.41, 5.74) is 17.0. The number of fused-ring (bicyclic) bond motifs is 12. The number of carbonyl (C=O) groups is 2. The molecule has 0 saturated heterocycles. The number of carbonyl (C=O) groups excluding carboxylic acids is 2. The highest BCUT2D eigenvalue weighted by Gasteiger charge is 2.55. The molecule has 0 fully saturated rings. The van der Waals surface area contributed by atoms with Crippen molar-refractivity contribution in [2.75, 3.05) is 0 Å². The van der Waals surface area contributed by atoms with Crippen molar-refractivity contribution in [2.45, 2.75) is 52.4 Å². The molecule has 0 amide bonds. The zero-order valence-corrected chi connectivity index (χ0v) is 37.6. The molecule has 6 nitrogen and oxygen atoms in total. The van der Waals surface area contributed by atoms with Gasteiger partial charge in [0.1, 0.15) is 10.8 Å². The Bertz CT molecular complexity index is 3510. The standard InChI is InChI=1S/C60H44N4O2/c1-31-27-33(3)51(34(4)28-31)55-43-19-23-47(61-43)59(41-17-9-13-37-11-7-15-39(53(37)41)57(59)65)49-25-21-45(63-49)56(52-35(5)29-32(2)30-36(52)6)46-22-26-50(64-46)60(48-24-20-44(55)62-48)42-18-10-14-38-12-8-16-40(54(38)42)58(60)66/h7-30,61,64H,1-6H3/b55-44-,56-45?/t59-,60-/m1/s1. The smallest absolute Gasteiger partial charge is 0.186 e. The largest absolute Gasteiger partial charge is 0.357 e. The molecule has 66 heavy (non-hydrogen) atoms. The van der Waals surface area contributed by atoms with Crippen LogP contribution in [0.15, 0.2) is 167 Å². The maximum Gasteiger partial charge on any atom is 0.186 e. The molecule has 5 heterocycles. The molecule has 6 heteroatoms. The van der Waals surface area contributed by atoms with Crippen molar-refractivity contribution in [3.8, 4) is 0 Å². The number of aliphatic imine (C=N–C) groups is 2. The number of ketones is 2. The highest BCUT2D eigenvalue weighted by Crippen LogP contribution is 2.53. The Balaban J connectivity index is 1.19. The third kappa shape index (κ3) is 4.80. The molecule has 2 spiro atoms. The molecule has 8 aromatic rings. The first-order valence-corrected chi connectivity index (χ1v) is 22.7. The predicted molar refractivity (Wildman–Crippen MR) is 266 cm³/mol. The monoisotopic (exact) mass is 852 g/mol. The second kappa shape index (κ2) is 13.3. The fourth-order valence-corrected chi connectivity index (χ4v) is 12.5. The summed E-state index contributed by atoms with van der Waals surface area (Å²) in [6.45, 7) is 12.8. The molecule has 0 saturated carbocycles. The van der Waals surface area contributed by atoms with Crippen LogP contribution >= 0.6 is 0 Å². The van der Waals surface area contributed by atoms with Crippen LogP contribution in [0.5, 0.6) is 0 Å². The van der Waals surface area contributed by atoms with E-state index in [1.807, 2.05) is 36.4 Å². The first-order chi connectivity index (χ1) is 32.0. The number of Topliss-reactive ketones (excluding diaryl/α,β-unsaturated/α-hetero) is 2. The maximum absolute atomic E-state index is 15.7. The lowest BCUT2D eigenvalue weighted by molar-refractivity contribution is 0.0949. The van der Waals surface area contributed by atoms with Gasteiger partial charge in [-0.05, 0) is 156 Å². The molecule has 2 atom stereocenters. The van der Waals surface area contributed by atoms with Gasteiger partial charge in [0.05, 0.1) is 22.8 Å². The van der Waals surface area contributed by atoms with Crippen LogP contribution in [0.1, 0.15) is 99.1 Å². The number of aryl methyl sites for hydroxylation is 6. The molecule has 2 aromatic heterocycles. The second-order valence-electron chi connectivity index (χ2n) is 18.9. The van der Waals surface area contributed by atoms with Crippen molar-refractivity contribution in [1.29, 1.82) is 0 Å². The van der Waals surface area contributed by atoms with Crippen LogP contribution in [0.4, 0.5) is 0 Å². The maximum atomic E-state index is 15.7. The average molecular weight is 853 g/mol. The van der Waals surface area contributed by atoms with E-state index in [2.05, 4.69) is 161 Å². The zero-order valence-electron chi connectivity index (χ0n) is 37.6. The van der Waals surface area contributed by atoms with E-state index in [9.17, 15) is 0 Å². The lowest BCUT2D eigenvalue weighted by atomic mass is 9.73. The number of aromatic nitrogens is 2. The van der Waals surface area contributed by atoms with Gasteiger partial charge >= 0.3 is 0 Å². The van der Waals surface area contributed by atoms with Gasteiger partial charge < -0.3 is 9.97 Å². The fourth-order valence-electron chi connectivity index (χ4n) is 12.5. The van der Waals surface area contributed by atoms with Crippen LogP contribution < -0.4 is 0 Å². The van der Waals surface area contributed by atoms with Gasteiger partial charge in [-0.3, -0.25) is 19.6 Å². The summed E-state index contributed by atoms with van der Waals surface area (Å²) in [6.07, 6.45) is 8.22. The molecule has 6 aromatic carbocycles. The minimum Gasteiger partial charge on any atom is -0.357 e. The lowest BCUT2D eigenvalue weighted by Crippen LogP contribution is -2.41. The van der Waals surface area contributed by atoms with Crippen molar-refractivity contribution in [2.24, 2.45) is 9.98 Å². The van der Waals surface area contributed by atoms with Crippen LogP contribution in [0.3, 0.4) is 0 Å². The lowest BCUT2D eigenvalue weighted by Gasteiger charge is -2.29. The van der Waals surface area contributed by atoms with Gasteiger partial charge in [0.15, 0.2) is 11.6 Å². The normalized spacial score (nSPS) is 21.2. The molecule has 3 aliphatic heterocycles. The van der Waals surface area contributed by atoms with Gasteiger partial charge in [0, 0.05) is 45.0 Å². The van der Waals surface area contributed by atoms with E-state index >= 15 is 9.59 Å². The number of aromatic amines is 2. The Morgan fingerprint density at radius 3 is 1.21 bits per heavy atom. The second-order valence-corrected chi connectivity index (χ2v) is 18.9. The van der Waals surface area contributed by atoms with Crippen LogP contribution in [0, 0.1) is 41.5 Å². The number of H-pyrrole nitrogens is 2. The molecule has 2 N–H and O–H groups in total. The minimum atomic E-state index is -1.29. The highest BCUT2D eigenvalue weighted by atomic mass is 16.1. The van der Waals surface area contributed by atoms with Gasteiger partial charge in [0.25, 0.3) is 0 Å². The Hall–Kier alpha value is -7.96. The number of nitrogens with zero attached hydrogens (tertiary/aromatic N) is 2. The van der Waals surface area contributed by atoms with E-state index in [0.29, 0.717) is 22.6 Å². The number of hydrogen-bond donors (Lipinski definition) is 2. The number of rotatable bonds is 2. The van der Waals surface area contributed by atoms with Gasteiger partial charge in [0.2, 0.25) is 0 Å². The summed E-state index contributed by atoms with van der Waals surface area (Å²) in [4.78, 5) is 50.5. The highest BCUT2D eigenvalue weighted by molar-refractivity contribution is 6.36. The number of hydrogen-bond acceptors (Lipinski definition) is 4. The van der Waals surface area contributed by atoms with E-state index in [0.717, 1.165) is 111 Å². The summed E-state index contributed by atoms with van der Waals surface area (Å²) in [6, 6.07) is 41.7. The van der Waals surface area contributed by atoms with E-state index < -0.39 is 10.8 Å². The zero-order chi connectivity index (χ0) is 45.0. The predicted octanol–water partition coefficient (Wildman–Crippen LogP) is 12.7. The Morgan fingerprint density at radius 1 is 0.439 bits per heavy atom. The first kappa shape index (κ1) is 38.5. The molecule has 0 unspecified atom stereocenters. The molecule has 13 rings (SSSR count). The first-order valence-electron chi connectivity index (χ1n) is 22.7. The number of benzene rings is 6. The van der Waals surface area contributed by atoms with Gasteiger partial charge in [-0.2, -0.15) is 0 Å². The molecule has 5 aliphatic rings. The van der Waals surface area contributed by atoms with Crippen molar-refractivity contribution in [3.63, 3.8) is 0 Å². The molecule has 2 aliphatic carbocycles. The van der Waals surface area contributed by atoms with E-state index in [1.54, 1.807) is 0 Å². The van der Waals surface area contributed by atoms with E-state index in [4.69, 9.17) is 9.98 Å². The van der Waals surface area contributed by atoms with Crippen molar-refractivity contribution >= 4 is 55.7 Å². The molecule has 0 radical (unpaired) electrons. The third-order valence-corrected chi connectivity index (χ3v) is 14.9. The number of nitrogens with one attached hydrogen (secondary N) is 2. The van der Waals surface area contributed by atoms with Crippen LogP contribution in [0.25, 0.3) is 32.7 Å². The van der Waals surface area contributed by atoms with Crippen LogP contribution in [-0.2, 0) is 10.8 Å². The number of allylic oxidation sites excluding steroid dienone is 4. The fraction of sp³-hybridized carbons (Fsp3) is 0.133. The van der Waals surface area contributed by atoms with Crippen molar-refractivity contribution in [3.05, 3.63) is 247 Å². The quantitative estimate of drug-likeness (QED) is 0.181. The molecular weight excluding hydrogens is 809 g/mol. The van der Waals surface area contributed by atoms with Crippen molar-refractivity contribution < 1.29 is 9.59 Å².